The molecule has 5 heteroatoms. The second-order valence-corrected chi connectivity index (χ2v) is 6.90. The van der Waals surface area contributed by atoms with Gasteiger partial charge in [-0.1, -0.05) is 23.9 Å². The average Bonchev–Trinajstić information content (AvgIpc) is 2.66. The van der Waals surface area contributed by atoms with Crippen molar-refractivity contribution in [2.24, 2.45) is 0 Å². The molecule has 0 unspecified atom stereocenters. The van der Waals surface area contributed by atoms with E-state index in [1.54, 1.807) is 59.1 Å². The van der Waals surface area contributed by atoms with E-state index >= 15 is 0 Å². The van der Waals surface area contributed by atoms with Gasteiger partial charge in [-0.15, -0.1) is 0 Å². The van der Waals surface area contributed by atoms with Crippen LogP contribution in [0.4, 0.5) is 11.4 Å². The van der Waals surface area contributed by atoms with Crippen molar-refractivity contribution >= 4 is 29.0 Å². The molecule has 0 saturated heterocycles. The van der Waals surface area contributed by atoms with Gasteiger partial charge in [-0.2, -0.15) is 0 Å². The first kappa shape index (κ1) is 16.5. The summed E-state index contributed by atoms with van der Waals surface area (Å²) in [5.41, 5.74) is 2.19. The first-order valence-electron chi connectivity index (χ1n) is 8.34. The molecule has 4 nitrogen and oxygen atoms in total. The molecule has 0 atom stereocenters. The smallest absolute Gasteiger partial charge is 0.262 e. The average molecular weight is 363 g/mol. The van der Waals surface area contributed by atoms with Gasteiger partial charge in [0.25, 0.3) is 5.91 Å². The molecular formula is C21H17NO3S. The summed E-state index contributed by atoms with van der Waals surface area (Å²) in [7, 11) is 0. The Labute approximate surface area is 156 Å². The summed E-state index contributed by atoms with van der Waals surface area (Å²) in [6.45, 7) is 2.51. The molecule has 1 aliphatic heterocycles. The fourth-order valence-electron chi connectivity index (χ4n) is 2.95. The van der Waals surface area contributed by atoms with Gasteiger partial charge in [-0.05, 0) is 61.5 Å². The number of nitrogens with zero attached hydrogens (tertiary/aromatic N) is 1. The van der Waals surface area contributed by atoms with Gasteiger partial charge in [0.2, 0.25) is 0 Å². The molecule has 0 aromatic heterocycles. The molecule has 3 aromatic rings. The first-order chi connectivity index (χ1) is 12.7. The predicted octanol–water partition coefficient (Wildman–Crippen LogP) is 5.23. The van der Waals surface area contributed by atoms with Crippen LogP contribution in [0.2, 0.25) is 0 Å². The van der Waals surface area contributed by atoms with Crippen LogP contribution >= 0.6 is 11.8 Å². The van der Waals surface area contributed by atoms with E-state index in [4.69, 9.17) is 4.74 Å². The van der Waals surface area contributed by atoms with Gasteiger partial charge in [0, 0.05) is 15.4 Å². The minimum absolute atomic E-state index is 0.118. The van der Waals surface area contributed by atoms with Crippen LogP contribution in [-0.4, -0.2) is 17.6 Å². The Kier molecular flexibility index (Phi) is 4.31. The number of amides is 1. The molecule has 1 heterocycles. The number of ether oxygens (including phenoxy) is 1. The van der Waals surface area contributed by atoms with Crippen LogP contribution in [0, 0.1) is 0 Å². The molecule has 1 N–H and O–H groups in total. The molecule has 0 spiro atoms. The van der Waals surface area contributed by atoms with Crippen molar-refractivity contribution in [1.29, 1.82) is 0 Å². The zero-order valence-corrected chi connectivity index (χ0v) is 15.0. The lowest BCUT2D eigenvalue weighted by atomic mass is 10.1. The van der Waals surface area contributed by atoms with Crippen molar-refractivity contribution in [1.82, 2.24) is 0 Å². The number of benzene rings is 3. The standard InChI is InChI=1S/C21H17NO3S/c1-2-25-16-10-7-14(8-11-16)21(24)22-17-5-3-4-6-19(17)26-20-13-15(23)9-12-18(20)22/h3-13,23H,2H2,1H3. The number of hydrogen-bond donors (Lipinski definition) is 1. The molecule has 26 heavy (non-hydrogen) atoms. The molecule has 0 bridgehead atoms. The summed E-state index contributed by atoms with van der Waals surface area (Å²) >= 11 is 1.55. The van der Waals surface area contributed by atoms with Gasteiger partial charge < -0.3 is 9.84 Å². The Morgan fingerprint density at radius 1 is 1.00 bits per heavy atom. The fourth-order valence-corrected chi connectivity index (χ4v) is 4.05. The highest BCUT2D eigenvalue weighted by molar-refractivity contribution is 7.99. The third-order valence-corrected chi connectivity index (χ3v) is 5.24. The third kappa shape index (κ3) is 2.91. The Hall–Kier alpha value is -2.92. The second-order valence-electron chi connectivity index (χ2n) is 5.82. The van der Waals surface area contributed by atoms with E-state index in [0.717, 1.165) is 26.9 Å². The maximum Gasteiger partial charge on any atom is 0.262 e. The van der Waals surface area contributed by atoms with E-state index in [1.807, 2.05) is 31.2 Å². The van der Waals surface area contributed by atoms with Crippen LogP contribution in [0.25, 0.3) is 0 Å². The number of carbonyl (C=O) groups is 1. The molecule has 130 valence electrons. The van der Waals surface area contributed by atoms with Gasteiger partial charge in [0.15, 0.2) is 0 Å². The molecule has 0 aliphatic carbocycles. The monoisotopic (exact) mass is 363 g/mol. The molecule has 3 aromatic carbocycles. The van der Waals surface area contributed by atoms with Gasteiger partial charge >= 0.3 is 0 Å². The van der Waals surface area contributed by atoms with Crippen molar-refractivity contribution in [2.75, 3.05) is 11.5 Å². The summed E-state index contributed by atoms with van der Waals surface area (Å²) in [6.07, 6.45) is 0. The van der Waals surface area contributed by atoms with Crippen molar-refractivity contribution in [3.8, 4) is 11.5 Å². The van der Waals surface area contributed by atoms with Crippen LogP contribution in [-0.2, 0) is 0 Å². The minimum atomic E-state index is -0.118. The van der Waals surface area contributed by atoms with E-state index in [2.05, 4.69) is 0 Å². The van der Waals surface area contributed by atoms with Crippen molar-refractivity contribution in [2.45, 2.75) is 16.7 Å². The number of aromatic hydroxyl groups is 1. The molecule has 0 radical (unpaired) electrons. The predicted molar refractivity (Wildman–Crippen MR) is 103 cm³/mol. The molecule has 4 rings (SSSR count). The highest BCUT2D eigenvalue weighted by atomic mass is 32.2. The summed E-state index contributed by atoms with van der Waals surface area (Å²) < 4.78 is 5.46. The van der Waals surface area contributed by atoms with E-state index in [1.165, 1.54) is 0 Å². The maximum atomic E-state index is 13.3. The van der Waals surface area contributed by atoms with E-state index < -0.39 is 0 Å². The second kappa shape index (κ2) is 6.77. The maximum absolute atomic E-state index is 13.3. The Bertz CT molecular complexity index is 969. The minimum Gasteiger partial charge on any atom is -0.508 e. The Balaban J connectivity index is 1.79. The number of rotatable bonds is 3. The number of fused-ring (bicyclic) bond motifs is 2. The Morgan fingerprint density at radius 2 is 1.73 bits per heavy atom. The normalized spacial score (nSPS) is 12.3. The summed E-state index contributed by atoms with van der Waals surface area (Å²) in [6, 6.07) is 20.0. The summed E-state index contributed by atoms with van der Waals surface area (Å²) in [5.74, 6) is 0.806. The van der Waals surface area contributed by atoms with Gasteiger partial charge in [0.1, 0.15) is 11.5 Å². The molecule has 1 aliphatic rings. The quantitative estimate of drug-likeness (QED) is 0.692. The number of phenolic OH excluding ortho intramolecular Hbond substituents is 1. The summed E-state index contributed by atoms with van der Waals surface area (Å²) in [5, 5.41) is 9.83. The number of carbonyl (C=O) groups excluding carboxylic acids is 1. The number of hydrogen-bond acceptors (Lipinski definition) is 4. The van der Waals surface area contributed by atoms with Crippen LogP contribution in [0.15, 0.2) is 76.5 Å². The lowest BCUT2D eigenvalue weighted by Gasteiger charge is -2.31. The largest absolute Gasteiger partial charge is 0.508 e. The first-order valence-corrected chi connectivity index (χ1v) is 9.16. The third-order valence-electron chi connectivity index (χ3n) is 4.13. The lowest BCUT2D eigenvalue weighted by molar-refractivity contribution is 0.0998. The zero-order valence-electron chi connectivity index (χ0n) is 14.2. The van der Waals surface area contributed by atoms with Crippen LogP contribution in [0.1, 0.15) is 17.3 Å². The Morgan fingerprint density at radius 3 is 2.50 bits per heavy atom. The van der Waals surface area contributed by atoms with Crippen LogP contribution < -0.4 is 9.64 Å². The highest BCUT2D eigenvalue weighted by Crippen LogP contribution is 2.49. The van der Waals surface area contributed by atoms with Gasteiger partial charge in [-0.3, -0.25) is 9.69 Å². The van der Waals surface area contributed by atoms with Crippen LogP contribution in [0.3, 0.4) is 0 Å². The van der Waals surface area contributed by atoms with Gasteiger partial charge in [0.05, 0.1) is 18.0 Å². The highest BCUT2D eigenvalue weighted by Gasteiger charge is 2.29. The van der Waals surface area contributed by atoms with Crippen molar-refractivity contribution in [3.05, 3.63) is 72.3 Å². The SMILES string of the molecule is CCOc1ccc(C(=O)N2c3ccccc3Sc3cc(O)ccc32)cc1. The van der Waals surface area contributed by atoms with E-state index in [-0.39, 0.29) is 11.7 Å². The van der Waals surface area contributed by atoms with Crippen molar-refractivity contribution in [3.63, 3.8) is 0 Å². The topological polar surface area (TPSA) is 49.8 Å². The fraction of sp³-hybridized carbons (Fsp3) is 0.0952. The molecule has 0 fully saturated rings. The van der Waals surface area contributed by atoms with Gasteiger partial charge in [-0.25, -0.2) is 0 Å². The van der Waals surface area contributed by atoms with Crippen molar-refractivity contribution < 1.29 is 14.6 Å². The zero-order chi connectivity index (χ0) is 18.1. The van der Waals surface area contributed by atoms with Crippen LogP contribution in [0.5, 0.6) is 11.5 Å². The number of para-hydroxylation sites is 1. The molecule has 1 amide bonds. The molecule has 0 saturated carbocycles. The summed E-state index contributed by atoms with van der Waals surface area (Å²) in [4.78, 5) is 16.8. The number of phenols is 1. The molecular weight excluding hydrogens is 346 g/mol. The number of anilines is 2. The van der Waals surface area contributed by atoms with E-state index in [0.29, 0.717) is 12.2 Å². The van der Waals surface area contributed by atoms with E-state index in [9.17, 15) is 9.90 Å². The lowest BCUT2D eigenvalue weighted by Crippen LogP contribution is -2.28.